The van der Waals surface area contributed by atoms with Crippen LogP contribution < -0.4 is 0 Å². The van der Waals surface area contributed by atoms with Crippen molar-refractivity contribution in [2.24, 2.45) is 5.92 Å². The molecule has 112 valence electrons. The van der Waals surface area contributed by atoms with Crippen molar-refractivity contribution in [2.45, 2.75) is 71.6 Å². The molecule has 2 aromatic heterocycles. The highest BCUT2D eigenvalue weighted by Gasteiger charge is 2.13. The number of thiophene rings is 2. The van der Waals surface area contributed by atoms with Crippen molar-refractivity contribution in [1.82, 2.24) is 0 Å². The Morgan fingerprint density at radius 2 is 1.75 bits per heavy atom. The summed E-state index contributed by atoms with van der Waals surface area (Å²) in [4.78, 5) is 0. The van der Waals surface area contributed by atoms with E-state index in [1.807, 2.05) is 22.7 Å². The van der Waals surface area contributed by atoms with Crippen LogP contribution in [0.15, 0.2) is 16.8 Å². The van der Waals surface area contributed by atoms with Crippen LogP contribution in [0, 0.1) is 5.92 Å². The zero-order valence-electron chi connectivity index (χ0n) is 13.0. The van der Waals surface area contributed by atoms with Crippen LogP contribution in [0.2, 0.25) is 0 Å². The highest BCUT2D eigenvalue weighted by Crippen LogP contribution is 2.34. The zero-order valence-corrected chi connectivity index (χ0v) is 14.6. The van der Waals surface area contributed by atoms with Crippen LogP contribution in [-0.4, -0.2) is 0 Å². The molecule has 0 spiro atoms. The minimum absolute atomic E-state index is 0.909. The van der Waals surface area contributed by atoms with E-state index < -0.39 is 0 Å². The van der Waals surface area contributed by atoms with Gasteiger partial charge in [-0.25, -0.2) is 0 Å². The fourth-order valence-electron chi connectivity index (χ4n) is 2.97. The summed E-state index contributed by atoms with van der Waals surface area (Å²) in [5.41, 5.74) is 1.62. The first kappa shape index (κ1) is 16.0. The molecule has 0 aromatic carbocycles. The summed E-state index contributed by atoms with van der Waals surface area (Å²) in [6.07, 6.45) is 12.5. The normalized spacial score (nSPS) is 13.1. The highest BCUT2D eigenvalue weighted by atomic mass is 32.1. The Morgan fingerprint density at radius 3 is 2.55 bits per heavy atom. The van der Waals surface area contributed by atoms with Crippen molar-refractivity contribution in [2.75, 3.05) is 0 Å². The van der Waals surface area contributed by atoms with Crippen LogP contribution in [0.25, 0.3) is 9.40 Å². The second-order valence-corrected chi connectivity index (χ2v) is 7.76. The second-order valence-electron chi connectivity index (χ2n) is 5.94. The minimum atomic E-state index is 0.909. The molecule has 2 aromatic rings. The predicted octanol–water partition coefficient (Wildman–Crippen LogP) is 7.28. The lowest BCUT2D eigenvalue weighted by Crippen LogP contribution is -2.04. The first-order chi connectivity index (χ1) is 9.85. The third-order valence-electron chi connectivity index (χ3n) is 4.19. The maximum atomic E-state index is 2.41. The number of unbranched alkanes of at least 4 members (excludes halogenated alkanes) is 4. The molecular weight excluding hydrogens is 280 g/mol. The van der Waals surface area contributed by atoms with Gasteiger partial charge >= 0.3 is 0 Å². The third kappa shape index (κ3) is 4.60. The molecule has 2 heteroatoms. The lowest BCUT2D eigenvalue weighted by molar-refractivity contribution is 0.411. The molecule has 0 radical (unpaired) electrons. The minimum Gasteiger partial charge on any atom is -0.143 e. The van der Waals surface area contributed by atoms with Gasteiger partial charge in [-0.05, 0) is 34.7 Å². The molecule has 0 aliphatic rings. The van der Waals surface area contributed by atoms with Crippen molar-refractivity contribution in [3.8, 4) is 0 Å². The number of fused-ring (bicyclic) bond motifs is 1. The molecule has 1 atom stereocenters. The summed E-state index contributed by atoms with van der Waals surface area (Å²) in [6.45, 7) is 4.61. The molecule has 0 amide bonds. The van der Waals surface area contributed by atoms with E-state index >= 15 is 0 Å². The maximum absolute atomic E-state index is 2.41. The molecule has 0 saturated carbocycles. The van der Waals surface area contributed by atoms with E-state index in [1.54, 1.807) is 10.3 Å². The molecule has 1 unspecified atom stereocenters. The first-order valence-corrected chi connectivity index (χ1v) is 10.0. The maximum Gasteiger partial charge on any atom is 0.0482 e. The molecule has 2 heterocycles. The second kappa shape index (κ2) is 8.84. The van der Waals surface area contributed by atoms with Gasteiger partial charge in [0.15, 0.2) is 0 Å². The number of hydrogen-bond donors (Lipinski definition) is 0. The third-order valence-corrected chi connectivity index (χ3v) is 6.31. The van der Waals surface area contributed by atoms with Gasteiger partial charge in [-0.2, -0.15) is 0 Å². The van der Waals surface area contributed by atoms with E-state index in [0.29, 0.717) is 0 Å². The van der Waals surface area contributed by atoms with E-state index in [9.17, 15) is 0 Å². The van der Waals surface area contributed by atoms with E-state index in [2.05, 4.69) is 30.7 Å². The Hall–Kier alpha value is -0.340. The summed E-state index contributed by atoms with van der Waals surface area (Å²) in [5.74, 6) is 0.909. The van der Waals surface area contributed by atoms with Gasteiger partial charge in [0.25, 0.3) is 0 Å². The molecule has 0 fully saturated rings. The molecule has 0 aliphatic heterocycles. The van der Waals surface area contributed by atoms with Crippen molar-refractivity contribution < 1.29 is 0 Å². The van der Waals surface area contributed by atoms with Crippen LogP contribution in [0.1, 0.15) is 70.8 Å². The molecule has 2 rings (SSSR count). The van der Waals surface area contributed by atoms with Gasteiger partial charge in [0.1, 0.15) is 0 Å². The summed E-state index contributed by atoms with van der Waals surface area (Å²) in [5, 5.41) is 4.65. The van der Waals surface area contributed by atoms with Crippen molar-refractivity contribution in [1.29, 1.82) is 0 Å². The van der Waals surface area contributed by atoms with Crippen molar-refractivity contribution in [3.05, 3.63) is 22.4 Å². The van der Waals surface area contributed by atoms with Gasteiger partial charge in [-0.15, -0.1) is 22.7 Å². The van der Waals surface area contributed by atoms with Crippen molar-refractivity contribution in [3.63, 3.8) is 0 Å². The Bertz CT molecular complexity index is 480. The Labute approximate surface area is 132 Å². The van der Waals surface area contributed by atoms with E-state index in [4.69, 9.17) is 0 Å². The van der Waals surface area contributed by atoms with E-state index in [1.165, 1.54) is 62.5 Å². The van der Waals surface area contributed by atoms with Gasteiger partial charge in [0, 0.05) is 9.40 Å². The summed E-state index contributed by atoms with van der Waals surface area (Å²) >= 11 is 3.86. The van der Waals surface area contributed by atoms with Crippen LogP contribution in [0.3, 0.4) is 0 Å². The van der Waals surface area contributed by atoms with Gasteiger partial charge in [0.05, 0.1) is 0 Å². The summed E-state index contributed by atoms with van der Waals surface area (Å²) in [7, 11) is 0. The smallest absolute Gasteiger partial charge is 0.0482 e. The summed E-state index contributed by atoms with van der Waals surface area (Å²) in [6, 6.07) is 2.27. The highest BCUT2D eigenvalue weighted by molar-refractivity contribution is 7.26. The van der Waals surface area contributed by atoms with Crippen molar-refractivity contribution >= 4 is 32.1 Å². The van der Waals surface area contributed by atoms with Crippen LogP contribution in [0.4, 0.5) is 0 Å². The van der Waals surface area contributed by atoms with E-state index in [0.717, 1.165) is 5.92 Å². The fourth-order valence-corrected chi connectivity index (χ4v) is 5.10. The predicted molar refractivity (Wildman–Crippen MR) is 95.2 cm³/mol. The number of rotatable bonds is 10. The Kier molecular flexibility index (Phi) is 7.09. The molecule has 0 N–H and O–H groups in total. The average Bonchev–Trinajstić information content (AvgIpc) is 3.05. The average molecular weight is 309 g/mol. The fraction of sp³-hybridized carbons (Fsp3) is 0.667. The molecule has 0 saturated heterocycles. The molecule has 0 bridgehead atoms. The lowest BCUT2D eigenvalue weighted by Gasteiger charge is -2.16. The van der Waals surface area contributed by atoms with Crippen LogP contribution in [-0.2, 0) is 6.42 Å². The Morgan fingerprint density at radius 1 is 0.950 bits per heavy atom. The van der Waals surface area contributed by atoms with E-state index in [-0.39, 0.29) is 0 Å². The van der Waals surface area contributed by atoms with Gasteiger partial charge in [0.2, 0.25) is 0 Å². The molecular formula is C18H28S2. The van der Waals surface area contributed by atoms with Gasteiger partial charge < -0.3 is 0 Å². The zero-order chi connectivity index (χ0) is 14.2. The standard InChI is InChI=1S/C18H28S2/c1-3-5-7-8-10-15(9-6-4-2)13-16-14-20-17-11-12-19-18(16)17/h11-12,14-15H,3-10,13H2,1-2H3. The molecule has 0 nitrogen and oxygen atoms in total. The van der Waals surface area contributed by atoms with Crippen LogP contribution >= 0.6 is 22.7 Å². The monoisotopic (exact) mass is 308 g/mol. The number of hydrogen-bond acceptors (Lipinski definition) is 2. The summed E-state index contributed by atoms with van der Waals surface area (Å²) < 4.78 is 3.05. The van der Waals surface area contributed by atoms with Crippen LogP contribution in [0.5, 0.6) is 0 Å². The molecule has 20 heavy (non-hydrogen) atoms. The topological polar surface area (TPSA) is 0 Å². The quantitative estimate of drug-likeness (QED) is 0.404. The molecule has 0 aliphatic carbocycles. The Balaban J connectivity index is 1.90. The lowest BCUT2D eigenvalue weighted by atomic mass is 9.90. The SMILES string of the molecule is CCCCCCC(CCCC)Cc1csc2ccsc12. The largest absolute Gasteiger partial charge is 0.143 e. The van der Waals surface area contributed by atoms with Gasteiger partial charge in [-0.1, -0.05) is 65.2 Å². The van der Waals surface area contributed by atoms with Gasteiger partial charge in [-0.3, -0.25) is 0 Å². The first-order valence-electron chi connectivity index (χ1n) is 8.28.